The molecule has 2 rings (SSSR count). The summed E-state index contributed by atoms with van der Waals surface area (Å²) in [6.07, 6.45) is 5.82. The van der Waals surface area contributed by atoms with Crippen molar-refractivity contribution in [3.63, 3.8) is 0 Å². The summed E-state index contributed by atoms with van der Waals surface area (Å²) in [5.41, 5.74) is 0.111. The van der Waals surface area contributed by atoms with Crippen LogP contribution in [0, 0.1) is 11.8 Å². The summed E-state index contributed by atoms with van der Waals surface area (Å²) in [6, 6.07) is 0.506. The van der Waals surface area contributed by atoms with E-state index >= 15 is 0 Å². The average Bonchev–Trinajstić information content (AvgIpc) is 2.76. The molecule has 0 saturated heterocycles. The molecule has 3 unspecified atom stereocenters. The van der Waals surface area contributed by atoms with Gasteiger partial charge in [-0.1, -0.05) is 20.3 Å². The number of nitrogens with one attached hydrogen (secondary N) is 1. The second-order valence-corrected chi connectivity index (χ2v) is 6.79. The summed E-state index contributed by atoms with van der Waals surface area (Å²) in [5.74, 6) is 1.47. The van der Waals surface area contributed by atoms with Crippen LogP contribution in [0.4, 0.5) is 0 Å². The van der Waals surface area contributed by atoms with Gasteiger partial charge in [-0.25, -0.2) is 4.98 Å². The highest BCUT2D eigenvalue weighted by molar-refractivity contribution is 7.09. The number of hydrogen-bond acceptors (Lipinski definition) is 3. The first-order valence-corrected chi connectivity index (χ1v) is 7.60. The van der Waals surface area contributed by atoms with Gasteiger partial charge in [0.25, 0.3) is 0 Å². The van der Waals surface area contributed by atoms with Crippen LogP contribution < -0.4 is 5.32 Å². The van der Waals surface area contributed by atoms with Gasteiger partial charge in [-0.15, -0.1) is 11.3 Å². The summed E-state index contributed by atoms with van der Waals surface area (Å²) in [7, 11) is 0. The van der Waals surface area contributed by atoms with Gasteiger partial charge in [0.05, 0.1) is 5.54 Å². The van der Waals surface area contributed by atoms with Gasteiger partial charge in [0.15, 0.2) is 0 Å². The molecule has 96 valence electrons. The molecule has 1 aliphatic carbocycles. The maximum absolute atomic E-state index is 4.61. The molecule has 1 aromatic heterocycles. The van der Waals surface area contributed by atoms with E-state index in [-0.39, 0.29) is 5.54 Å². The minimum atomic E-state index is 0.111. The van der Waals surface area contributed by atoms with Crippen molar-refractivity contribution < 1.29 is 0 Å². The third kappa shape index (κ3) is 2.55. The van der Waals surface area contributed by atoms with Gasteiger partial charge in [0.2, 0.25) is 0 Å². The Bertz CT molecular complexity index is 343. The molecule has 0 aromatic carbocycles. The quantitative estimate of drug-likeness (QED) is 0.885. The Balaban J connectivity index is 2.34. The van der Waals surface area contributed by atoms with E-state index in [1.165, 1.54) is 24.3 Å². The van der Waals surface area contributed by atoms with Gasteiger partial charge >= 0.3 is 0 Å². The van der Waals surface area contributed by atoms with E-state index in [0.29, 0.717) is 12.0 Å². The molecule has 0 spiro atoms. The minimum Gasteiger partial charge on any atom is -0.303 e. The second kappa shape index (κ2) is 5.07. The van der Waals surface area contributed by atoms with Gasteiger partial charge in [-0.2, -0.15) is 0 Å². The first kappa shape index (κ1) is 13.0. The lowest BCUT2D eigenvalue weighted by molar-refractivity contribution is 0.108. The number of nitrogens with zero attached hydrogens (tertiary/aromatic N) is 1. The summed E-state index contributed by atoms with van der Waals surface area (Å²) >= 11 is 1.80. The molecule has 1 aromatic rings. The predicted octanol–water partition coefficient (Wildman–Crippen LogP) is 3.79. The van der Waals surface area contributed by atoms with Crippen LogP contribution in [0.5, 0.6) is 0 Å². The zero-order valence-electron chi connectivity index (χ0n) is 11.4. The highest BCUT2D eigenvalue weighted by Crippen LogP contribution is 2.44. The molecule has 3 atom stereocenters. The van der Waals surface area contributed by atoms with Gasteiger partial charge < -0.3 is 5.32 Å². The minimum absolute atomic E-state index is 0.111. The Hall–Kier alpha value is -0.410. The lowest BCUT2D eigenvalue weighted by atomic mass is 9.69. The van der Waals surface area contributed by atoms with Crippen molar-refractivity contribution in [1.82, 2.24) is 10.3 Å². The Labute approximate surface area is 109 Å². The Morgan fingerprint density at radius 2 is 2.18 bits per heavy atom. The van der Waals surface area contributed by atoms with Crippen LogP contribution in [0.2, 0.25) is 0 Å². The lowest BCUT2D eigenvalue weighted by Crippen LogP contribution is -2.53. The molecule has 0 radical (unpaired) electrons. The Morgan fingerprint density at radius 1 is 1.41 bits per heavy atom. The summed E-state index contributed by atoms with van der Waals surface area (Å²) in [5, 5.41) is 7.21. The topological polar surface area (TPSA) is 24.9 Å². The summed E-state index contributed by atoms with van der Waals surface area (Å²) in [6.45, 7) is 9.22. The second-order valence-electron chi connectivity index (χ2n) is 5.90. The molecule has 3 heteroatoms. The lowest BCUT2D eigenvalue weighted by Gasteiger charge is -2.45. The monoisotopic (exact) mass is 252 g/mol. The zero-order chi connectivity index (χ0) is 12.5. The largest absolute Gasteiger partial charge is 0.303 e. The molecule has 0 aliphatic heterocycles. The third-order valence-electron chi connectivity index (χ3n) is 3.96. The standard InChI is InChI=1S/C14H24N2S/c1-10(2)16-14(13-15-7-8-17-13)9-11(3)5-6-12(14)4/h7-8,10-12,16H,5-6,9H2,1-4H3. The van der Waals surface area contributed by atoms with Crippen molar-refractivity contribution in [3.05, 3.63) is 16.6 Å². The van der Waals surface area contributed by atoms with Gasteiger partial charge in [-0.05, 0) is 38.5 Å². The molecule has 2 nitrogen and oxygen atoms in total. The molecular formula is C14H24N2S. The fraction of sp³-hybridized carbons (Fsp3) is 0.786. The van der Waals surface area contributed by atoms with Crippen LogP contribution in [-0.2, 0) is 5.54 Å². The van der Waals surface area contributed by atoms with Crippen LogP contribution in [0.15, 0.2) is 11.6 Å². The first-order chi connectivity index (χ1) is 8.04. The molecule has 1 fully saturated rings. The van der Waals surface area contributed by atoms with Crippen LogP contribution in [0.25, 0.3) is 0 Å². The van der Waals surface area contributed by atoms with Gasteiger partial charge in [0.1, 0.15) is 5.01 Å². The predicted molar refractivity (Wildman–Crippen MR) is 74.2 cm³/mol. The average molecular weight is 252 g/mol. The highest BCUT2D eigenvalue weighted by Gasteiger charge is 2.44. The Kier molecular flexibility index (Phi) is 3.88. The molecule has 0 bridgehead atoms. The van der Waals surface area contributed by atoms with Crippen molar-refractivity contribution in [2.24, 2.45) is 11.8 Å². The van der Waals surface area contributed by atoms with Crippen molar-refractivity contribution >= 4 is 11.3 Å². The molecule has 0 amide bonds. The SMILES string of the molecule is CC1CCC(C)C(NC(C)C)(c2nccs2)C1. The molecule has 1 aliphatic rings. The van der Waals surface area contributed by atoms with E-state index in [9.17, 15) is 0 Å². The fourth-order valence-corrected chi connectivity index (χ4v) is 4.08. The number of rotatable bonds is 3. The molecule has 1 N–H and O–H groups in total. The van der Waals surface area contributed by atoms with Crippen molar-refractivity contribution in [3.8, 4) is 0 Å². The van der Waals surface area contributed by atoms with Crippen molar-refractivity contribution in [1.29, 1.82) is 0 Å². The molecule has 1 heterocycles. The smallest absolute Gasteiger partial charge is 0.113 e. The van der Waals surface area contributed by atoms with Crippen LogP contribution in [0.3, 0.4) is 0 Å². The number of hydrogen-bond donors (Lipinski definition) is 1. The van der Waals surface area contributed by atoms with E-state index in [1.54, 1.807) is 11.3 Å². The zero-order valence-corrected chi connectivity index (χ0v) is 12.2. The van der Waals surface area contributed by atoms with E-state index < -0.39 is 0 Å². The van der Waals surface area contributed by atoms with E-state index in [2.05, 4.69) is 43.4 Å². The third-order valence-corrected chi connectivity index (χ3v) is 4.92. The van der Waals surface area contributed by atoms with Crippen molar-refractivity contribution in [2.45, 2.75) is 58.5 Å². The van der Waals surface area contributed by atoms with Crippen molar-refractivity contribution in [2.75, 3.05) is 0 Å². The Morgan fingerprint density at radius 3 is 2.76 bits per heavy atom. The summed E-state index contributed by atoms with van der Waals surface area (Å²) in [4.78, 5) is 4.61. The van der Waals surface area contributed by atoms with E-state index in [4.69, 9.17) is 0 Å². The maximum atomic E-state index is 4.61. The fourth-order valence-electron chi connectivity index (χ4n) is 3.15. The molecule has 1 saturated carbocycles. The normalized spacial score (nSPS) is 34.2. The maximum Gasteiger partial charge on any atom is 0.113 e. The van der Waals surface area contributed by atoms with Crippen LogP contribution in [0.1, 0.15) is 52.0 Å². The van der Waals surface area contributed by atoms with Crippen LogP contribution in [-0.4, -0.2) is 11.0 Å². The number of aromatic nitrogens is 1. The highest BCUT2D eigenvalue weighted by atomic mass is 32.1. The molecular weight excluding hydrogens is 228 g/mol. The van der Waals surface area contributed by atoms with Crippen LogP contribution >= 0.6 is 11.3 Å². The number of thiazole rings is 1. The first-order valence-electron chi connectivity index (χ1n) is 6.72. The van der Waals surface area contributed by atoms with Gasteiger partial charge in [-0.3, -0.25) is 0 Å². The van der Waals surface area contributed by atoms with E-state index in [1.807, 2.05) is 6.20 Å². The summed E-state index contributed by atoms with van der Waals surface area (Å²) < 4.78 is 0. The van der Waals surface area contributed by atoms with E-state index in [0.717, 1.165) is 5.92 Å². The molecule has 17 heavy (non-hydrogen) atoms. The van der Waals surface area contributed by atoms with Gasteiger partial charge in [0, 0.05) is 17.6 Å².